The molecule has 7 nitrogen and oxygen atoms in total. The molecule has 2 amide bonds. The van der Waals surface area contributed by atoms with Crippen LogP contribution >= 0.6 is 0 Å². The molecular weight excluding hydrogens is 507 g/mol. The van der Waals surface area contributed by atoms with Crippen molar-refractivity contribution < 1.29 is 18.7 Å². The van der Waals surface area contributed by atoms with Gasteiger partial charge in [0.2, 0.25) is 0 Å². The van der Waals surface area contributed by atoms with Gasteiger partial charge in [-0.3, -0.25) is 14.5 Å². The second kappa shape index (κ2) is 12.8. The summed E-state index contributed by atoms with van der Waals surface area (Å²) in [4.78, 5) is 26.9. The molecule has 0 spiro atoms. The zero-order valence-corrected chi connectivity index (χ0v) is 21.8. The number of hydrogen-bond acceptors (Lipinski definition) is 5. The van der Waals surface area contributed by atoms with Gasteiger partial charge in [0.05, 0.1) is 11.9 Å². The summed E-state index contributed by atoms with van der Waals surface area (Å²) in [7, 11) is 0. The molecule has 0 fully saturated rings. The van der Waals surface area contributed by atoms with Crippen LogP contribution in [0.2, 0.25) is 0 Å². The number of hydrazone groups is 1. The SMILES string of the molecule is O=C(COc1ccc(C=NNC(=O)c2ccc(CN3CCc4ccccc4C3)cc2)cc1)Nc1ccccc1F. The molecule has 0 saturated carbocycles. The standard InChI is InChI=1S/C32H29FN4O3/c33-29-7-3-4-8-30(29)35-31(38)22-40-28-15-11-23(12-16-28)19-34-36-32(39)26-13-9-24(10-14-26)20-37-18-17-25-5-1-2-6-27(25)21-37/h1-16,19H,17-18,20-22H2,(H,35,38)(H,36,39). The molecule has 0 saturated heterocycles. The molecule has 0 atom stereocenters. The lowest BCUT2D eigenvalue weighted by Crippen LogP contribution is -2.30. The fraction of sp³-hybridized carbons (Fsp3) is 0.156. The fourth-order valence-electron chi connectivity index (χ4n) is 4.49. The van der Waals surface area contributed by atoms with Gasteiger partial charge in [-0.25, -0.2) is 9.82 Å². The van der Waals surface area contributed by atoms with Crippen LogP contribution in [0.15, 0.2) is 102 Å². The first-order valence-electron chi connectivity index (χ1n) is 13.0. The third kappa shape index (κ3) is 7.18. The van der Waals surface area contributed by atoms with E-state index in [1.54, 1.807) is 36.4 Å². The Morgan fingerprint density at radius 1 is 0.900 bits per heavy atom. The van der Waals surface area contributed by atoms with E-state index in [1.165, 1.54) is 29.5 Å². The molecule has 1 aliphatic heterocycles. The maximum atomic E-state index is 13.6. The second-order valence-electron chi connectivity index (χ2n) is 9.51. The van der Waals surface area contributed by atoms with Crippen LogP contribution in [0.1, 0.15) is 32.6 Å². The fourth-order valence-corrected chi connectivity index (χ4v) is 4.49. The largest absolute Gasteiger partial charge is 0.484 e. The summed E-state index contributed by atoms with van der Waals surface area (Å²) in [5.41, 5.74) is 7.89. The summed E-state index contributed by atoms with van der Waals surface area (Å²) >= 11 is 0. The quantitative estimate of drug-likeness (QED) is 0.229. The van der Waals surface area contributed by atoms with Crippen molar-refractivity contribution in [2.45, 2.75) is 19.5 Å². The van der Waals surface area contributed by atoms with Crippen LogP contribution < -0.4 is 15.5 Å². The van der Waals surface area contributed by atoms with Crippen LogP contribution in [-0.4, -0.2) is 36.1 Å². The number of nitrogens with zero attached hydrogens (tertiary/aromatic N) is 2. The number of rotatable bonds is 9. The second-order valence-corrected chi connectivity index (χ2v) is 9.51. The van der Waals surface area contributed by atoms with Crippen LogP contribution in [0.5, 0.6) is 5.75 Å². The molecule has 0 radical (unpaired) electrons. The van der Waals surface area contributed by atoms with E-state index < -0.39 is 11.7 Å². The maximum absolute atomic E-state index is 13.6. The van der Waals surface area contributed by atoms with Crippen molar-refractivity contribution in [1.82, 2.24) is 10.3 Å². The monoisotopic (exact) mass is 536 g/mol. The van der Waals surface area contributed by atoms with E-state index >= 15 is 0 Å². The minimum absolute atomic E-state index is 0.101. The number of benzene rings is 4. The van der Waals surface area contributed by atoms with Gasteiger partial charge >= 0.3 is 0 Å². The Morgan fingerprint density at radius 3 is 2.40 bits per heavy atom. The lowest BCUT2D eigenvalue weighted by Gasteiger charge is -2.28. The number of nitrogens with one attached hydrogen (secondary N) is 2. The topological polar surface area (TPSA) is 83.0 Å². The van der Waals surface area contributed by atoms with Crippen molar-refractivity contribution >= 4 is 23.7 Å². The highest BCUT2D eigenvalue weighted by Crippen LogP contribution is 2.20. The maximum Gasteiger partial charge on any atom is 0.271 e. The summed E-state index contributed by atoms with van der Waals surface area (Å²) in [6.07, 6.45) is 2.58. The first-order chi connectivity index (χ1) is 19.5. The van der Waals surface area contributed by atoms with Gasteiger partial charge in [-0.05, 0) is 77.2 Å². The molecule has 0 aliphatic carbocycles. The third-order valence-corrected chi connectivity index (χ3v) is 6.61. The highest BCUT2D eigenvalue weighted by Gasteiger charge is 2.16. The zero-order chi connectivity index (χ0) is 27.7. The number of amides is 2. The smallest absolute Gasteiger partial charge is 0.271 e. The Morgan fingerprint density at radius 2 is 1.62 bits per heavy atom. The Hall–Kier alpha value is -4.82. The van der Waals surface area contributed by atoms with Crippen molar-refractivity contribution in [3.63, 3.8) is 0 Å². The molecule has 8 heteroatoms. The minimum atomic E-state index is -0.511. The minimum Gasteiger partial charge on any atom is -0.484 e. The van der Waals surface area contributed by atoms with Crippen molar-refractivity contribution in [2.75, 3.05) is 18.5 Å². The highest BCUT2D eigenvalue weighted by atomic mass is 19.1. The lowest BCUT2D eigenvalue weighted by atomic mass is 9.99. The van der Waals surface area contributed by atoms with E-state index in [0.717, 1.165) is 37.2 Å². The number of carbonyl (C=O) groups excluding carboxylic acids is 2. The molecule has 202 valence electrons. The van der Waals surface area contributed by atoms with Gasteiger partial charge < -0.3 is 10.1 Å². The van der Waals surface area contributed by atoms with Crippen molar-refractivity contribution in [2.24, 2.45) is 5.10 Å². The predicted molar refractivity (Wildman–Crippen MR) is 153 cm³/mol. The molecular formula is C32H29FN4O3. The Balaban J connectivity index is 1.06. The van der Waals surface area contributed by atoms with Crippen molar-refractivity contribution in [3.8, 4) is 5.75 Å². The first-order valence-corrected chi connectivity index (χ1v) is 13.0. The molecule has 5 rings (SSSR count). The van der Waals surface area contributed by atoms with Crippen molar-refractivity contribution in [3.05, 3.63) is 131 Å². The van der Waals surface area contributed by atoms with E-state index in [0.29, 0.717) is 11.3 Å². The molecule has 1 aliphatic rings. The number of fused-ring (bicyclic) bond motifs is 1. The molecule has 0 unspecified atom stereocenters. The highest BCUT2D eigenvalue weighted by molar-refractivity contribution is 5.95. The van der Waals surface area contributed by atoms with Crippen LogP contribution in [0, 0.1) is 5.82 Å². The summed E-state index contributed by atoms with van der Waals surface area (Å²) < 4.78 is 19.1. The van der Waals surface area contributed by atoms with Crippen LogP contribution in [0.25, 0.3) is 0 Å². The first kappa shape index (κ1) is 26.8. The number of carbonyl (C=O) groups is 2. The van der Waals surface area contributed by atoms with Gasteiger partial charge in [-0.1, -0.05) is 48.5 Å². The van der Waals surface area contributed by atoms with E-state index in [4.69, 9.17) is 4.74 Å². The normalized spacial score (nSPS) is 13.0. The summed E-state index contributed by atoms with van der Waals surface area (Å²) in [6.45, 7) is 2.53. The summed E-state index contributed by atoms with van der Waals surface area (Å²) in [5, 5.41) is 6.51. The average molecular weight is 537 g/mol. The Labute approximate surface area is 232 Å². The summed E-state index contributed by atoms with van der Waals surface area (Å²) in [5.74, 6) is -0.804. The van der Waals surface area contributed by atoms with Gasteiger partial charge in [-0.15, -0.1) is 0 Å². The van der Waals surface area contributed by atoms with E-state index in [-0.39, 0.29) is 18.2 Å². The number of ether oxygens (including phenoxy) is 1. The number of anilines is 1. The zero-order valence-electron chi connectivity index (χ0n) is 21.8. The molecule has 1 heterocycles. The number of para-hydroxylation sites is 1. The van der Waals surface area contributed by atoms with Gasteiger partial charge in [0.1, 0.15) is 11.6 Å². The molecule has 2 N–H and O–H groups in total. The van der Waals surface area contributed by atoms with Gasteiger partial charge in [0, 0.05) is 25.2 Å². The lowest BCUT2D eigenvalue weighted by molar-refractivity contribution is -0.118. The summed E-state index contributed by atoms with van der Waals surface area (Å²) in [6, 6.07) is 28.9. The van der Waals surface area contributed by atoms with Gasteiger partial charge in [0.25, 0.3) is 11.8 Å². The van der Waals surface area contributed by atoms with Crippen LogP contribution in [0.3, 0.4) is 0 Å². The Bertz CT molecular complexity index is 1500. The molecule has 0 aromatic heterocycles. The molecule has 4 aromatic carbocycles. The Kier molecular flexibility index (Phi) is 8.58. The van der Waals surface area contributed by atoms with E-state index in [9.17, 15) is 14.0 Å². The van der Waals surface area contributed by atoms with Crippen LogP contribution in [-0.2, 0) is 24.3 Å². The number of hydrogen-bond donors (Lipinski definition) is 2. The van der Waals surface area contributed by atoms with E-state index in [1.807, 2.05) is 24.3 Å². The van der Waals surface area contributed by atoms with Gasteiger partial charge in [-0.2, -0.15) is 5.10 Å². The molecule has 4 aromatic rings. The molecule has 40 heavy (non-hydrogen) atoms. The van der Waals surface area contributed by atoms with Crippen molar-refractivity contribution in [1.29, 1.82) is 0 Å². The molecule has 0 bridgehead atoms. The predicted octanol–water partition coefficient (Wildman–Crippen LogP) is 5.17. The average Bonchev–Trinajstić information content (AvgIpc) is 2.98. The third-order valence-electron chi connectivity index (χ3n) is 6.61. The number of halogens is 1. The van der Waals surface area contributed by atoms with Crippen LogP contribution in [0.4, 0.5) is 10.1 Å². The van der Waals surface area contributed by atoms with E-state index in [2.05, 4.69) is 45.0 Å². The van der Waals surface area contributed by atoms with Gasteiger partial charge in [0.15, 0.2) is 6.61 Å².